The fourth-order valence-electron chi connectivity index (χ4n) is 3.43. The predicted octanol–water partition coefficient (Wildman–Crippen LogP) is 2.91. The number of benzene rings is 2. The zero-order chi connectivity index (χ0) is 16.5. The van der Waals surface area contributed by atoms with Crippen LogP contribution in [-0.2, 0) is 13.1 Å². The number of carbonyl (C=O) groups excluding carboxylic acids is 1. The monoisotopic (exact) mass is 341 g/mol. The number of nitrogens with one attached hydrogen (secondary N) is 1. The average molecular weight is 342 g/mol. The SMILES string of the molecule is O=C(c1ccc2c(c1)CNC2)N1CCN(c2ccc(Cl)cc2)CC1. The van der Waals surface area contributed by atoms with Crippen molar-refractivity contribution >= 4 is 23.2 Å². The molecular formula is C19H20ClN3O. The van der Waals surface area contributed by atoms with Crippen LogP contribution in [0.5, 0.6) is 0 Å². The Hall–Kier alpha value is -2.04. The van der Waals surface area contributed by atoms with Crippen molar-refractivity contribution < 1.29 is 4.79 Å². The van der Waals surface area contributed by atoms with Gasteiger partial charge >= 0.3 is 0 Å². The van der Waals surface area contributed by atoms with Gasteiger partial charge in [0.05, 0.1) is 0 Å². The first kappa shape index (κ1) is 15.5. The van der Waals surface area contributed by atoms with Crippen LogP contribution < -0.4 is 10.2 Å². The molecule has 2 aromatic rings. The van der Waals surface area contributed by atoms with Gasteiger partial charge in [-0.25, -0.2) is 0 Å². The number of hydrogen-bond acceptors (Lipinski definition) is 3. The molecule has 0 aromatic heterocycles. The molecule has 0 atom stereocenters. The number of fused-ring (bicyclic) bond motifs is 1. The van der Waals surface area contributed by atoms with Gasteiger partial charge in [-0.1, -0.05) is 17.7 Å². The van der Waals surface area contributed by atoms with Gasteiger partial charge in [0.15, 0.2) is 0 Å². The maximum atomic E-state index is 12.8. The van der Waals surface area contributed by atoms with Crippen LogP contribution in [0.15, 0.2) is 42.5 Å². The highest BCUT2D eigenvalue weighted by molar-refractivity contribution is 6.30. The summed E-state index contributed by atoms with van der Waals surface area (Å²) in [4.78, 5) is 17.0. The topological polar surface area (TPSA) is 35.6 Å². The molecule has 0 unspecified atom stereocenters. The second-order valence-corrected chi connectivity index (χ2v) is 6.78. The van der Waals surface area contributed by atoms with Gasteiger partial charge in [0.25, 0.3) is 5.91 Å². The van der Waals surface area contributed by atoms with Crippen molar-refractivity contribution in [3.05, 3.63) is 64.2 Å². The molecule has 2 aromatic carbocycles. The van der Waals surface area contributed by atoms with Crippen molar-refractivity contribution in [2.45, 2.75) is 13.1 Å². The summed E-state index contributed by atoms with van der Waals surface area (Å²) in [6, 6.07) is 14.0. The van der Waals surface area contributed by atoms with E-state index < -0.39 is 0 Å². The molecule has 1 fully saturated rings. The number of rotatable bonds is 2. The van der Waals surface area contributed by atoms with Gasteiger partial charge in [-0.2, -0.15) is 0 Å². The van der Waals surface area contributed by atoms with Crippen molar-refractivity contribution in [3.8, 4) is 0 Å². The van der Waals surface area contributed by atoms with Crippen LogP contribution in [0.3, 0.4) is 0 Å². The van der Waals surface area contributed by atoms with Crippen LogP contribution in [0.25, 0.3) is 0 Å². The Balaban J connectivity index is 1.42. The van der Waals surface area contributed by atoms with Crippen molar-refractivity contribution in [3.63, 3.8) is 0 Å². The van der Waals surface area contributed by atoms with Gasteiger partial charge in [-0.15, -0.1) is 0 Å². The fourth-order valence-corrected chi connectivity index (χ4v) is 3.56. The standard InChI is InChI=1S/C19H20ClN3O/c20-17-3-5-18(6-4-17)22-7-9-23(10-8-22)19(24)14-1-2-15-12-21-13-16(15)11-14/h1-6,11,21H,7-10,12-13H2. The third-order valence-corrected chi connectivity index (χ3v) is 5.09. The van der Waals surface area contributed by atoms with Gasteiger partial charge in [-0.05, 0) is 47.5 Å². The maximum absolute atomic E-state index is 12.8. The quantitative estimate of drug-likeness (QED) is 0.912. The van der Waals surface area contributed by atoms with E-state index in [0.717, 1.165) is 55.5 Å². The summed E-state index contributed by atoms with van der Waals surface area (Å²) in [5.74, 6) is 0.139. The molecule has 0 aliphatic carbocycles. The van der Waals surface area contributed by atoms with E-state index in [1.165, 1.54) is 11.1 Å². The summed E-state index contributed by atoms with van der Waals surface area (Å²) >= 11 is 5.95. The molecule has 1 amide bonds. The van der Waals surface area contributed by atoms with Crippen LogP contribution in [-0.4, -0.2) is 37.0 Å². The minimum Gasteiger partial charge on any atom is -0.368 e. The van der Waals surface area contributed by atoms with Crippen LogP contribution in [0.1, 0.15) is 21.5 Å². The summed E-state index contributed by atoms with van der Waals surface area (Å²) in [6.07, 6.45) is 0. The van der Waals surface area contributed by atoms with E-state index in [4.69, 9.17) is 11.6 Å². The smallest absolute Gasteiger partial charge is 0.253 e. The van der Waals surface area contributed by atoms with E-state index in [9.17, 15) is 4.79 Å². The average Bonchev–Trinajstić information content (AvgIpc) is 3.09. The summed E-state index contributed by atoms with van der Waals surface area (Å²) in [5, 5.41) is 4.07. The lowest BCUT2D eigenvalue weighted by Gasteiger charge is -2.36. The Kier molecular flexibility index (Phi) is 4.17. The predicted molar refractivity (Wildman–Crippen MR) is 96.6 cm³/mol. The molecule has 0 bridgehead atoms. The first-order valence-electron chi connectivity index (χ1n) is 8.33. The van der Waals surface area contributed by atoms with E-state index in [-0.39, 0.29) is 5.91 Å². The number of piperazine rings is 1. The Bertz CT molecular complexity index is 752. The Morgan fingerprint density at radius 1 is 0.917 bits per heavy atom. The molecule has 2 heterocycles. The first-order chi connectivity index (χ1) is 11.7. The van der Waals surface area contributed by atoms with Gasteiger partial charge < -0.3 is 15.1 Å². The zero-order valence-electron chi connectivity index (χ0n) is 13.5. The van der Waals surface area contributed by atoms with Crippen LogP contribution in [0.4, 0.5) is 5.69 Å². The van der Waals surface area contributed by atoms with Crippen LogP contribution in [0.2, 0.25) is 5.02 Å². The summed E-state index contributed by atoms with van der Waals surface area (Å²) < 4.78 is 0. The minimum absolute atomic E-state index is 0.139. The molecule has 24 heavy (non-hydrogen) atoms. The van der Waals surface area contributed by atoms with Crippen LogP contribution >= 0.6 is 11.6 Å². The molecule has 2 aliphatic rings. The summed E-state index contributed by atoms with van der Waals surface area (Å²) in [7, 11) is 0. The molecule has 0 spiro atoms. The lowest BCUT2D eigenvalue weighted by atomic mass is 10.1. The van der Waals surface area contributed by atoms with Gasteiger partial charge in [0, 0.05) is 55.5 Å². The Morgan fingerprint density at radius 3 is 2.38 bits per heavy atom. The maximum Gasteiger partial charge on any atom is 0.253 e. The molecule has 4 rings (SSSR count). The van der Waals surface area contributed by atoms with Gasteiger partial charge in [0.1, 0.15) is 0 Å². The normalized spacial score (nSPS) is 17.0. The van der Waals surface area contributed by atoms with Crippen molar-refractivity contribution in [2.24, 2.45) is 0 Å². The molecule has 1 saturated heterocycles. The third kappa shape index (κ3) is 2.99. The lowest BCUT2D eigenvalue weighted by Crippen LogP contribution is -2.48. The van der Waals surface area contributed by atoms with Crippen molar-refractivity contribution in [2.75, 3.05) is 31.1 Å². The second kappa shape index (κ2) is 6.46. The molecule has 124 valence electrons. The number of nitrogens with zero attached hydrogens (tertiary/aromatic N) is 2. The molecule has 2 aliphatic heterocycles. The molecule has 4 nitrogen and oxygen atoms in total. The highest BCUT2D eigenvalue weighted by Crippen LogP contribution is 2.21. The minimum atomic E-state index is 0.139. The van der Waals surface area contributed by atoms with Crippen LogP contribution in [0, 0.1) is 0 Å². The summed E-state index contributed by atoms with van der Waals surface area (Å²) in [6.45, 7) is 4.96. The Labute approximate surface area is 147 Å². The number of halogens is 1. The fraction of sp³-hybridized carbons (Fsp3) is 0.316. The number of anilines is 1. The van der Waals surface area contributed by atoms with E-state index in [0.29, 0.717) is 0 Å². The highest BCUT2D eigenvalue weighted by atomic mass is 35.5. The van der Waals surface area contributed by atoms with E-state index in [1.807, 2.05) is 41.3 Å². The summed E-state index contributed by atoms with van der Waals surface area (Å²) in [5.41, 5.74) is 4.52. The van der Waals surface area contributed by atoms with Crippen molar-refractivity contribution in [1.82, 2.24) is 10.2 Å². The van der Waals surface area contributed by atoms with Gasteiger partial charge in [0.2, 0.25) is 0 Å². The number of hydrogen-bond donors (Lipinski definition) is 1. The van der Waals surface area contributed by atoms with E-state index in [1.54, 1.807) is 0 Å². The molecular weight excluding hydrogens is 322 g/mol. The molecule has 0 radical (unpaired) electrons. The van der Waals surface area contributed by atoms with Gasteiger partial charge in [-0.3, -0.25) is 4.79 Å². The zero-order valence-corrected chi connectivity index (χ0v) is 14.2. The number of amides is 1. The third-order valence-electron chi connectivity index (χ3n) is 4.84. The second-order valence-electron chi connectivity index (χ2n) is 6.34. The molecule has 5 heteroatoms. The van der Waals surface area contributed by atoms with E-state index in [2.05, 4.69) is 16.3 Å². The van der Waals surface area contributed by atoms with Crippen molar-refractivity contribution in [1.29, 1.82) is 0 Å². The number of carbonyl (C=O) groups is 1. The molecule has 0 saturated carbocycles. The Morgan fingerprint density at radius 2 is 1.62 bits per heavy atom. The first-order valence-corrected chi connectivity index (χ1v) is 8.71. The van der Waals surface area contributed by atoms with E-state index >= 15 is 0 Å². The largest absolute Gasteiger partial charge is 0.368 e. The molecule has 1 N–H and O–H groups in total. The lowest BCUT2D eigenvalue weighted by molar-refractivity contribution is 0.0746. The highest BCUT2D eigenvalue weighted by Gasteiger charge is 2.23.